The van der Waals surface area contributed by atoms with Crippen molar-refractivity contribution in [2.24, 2.45) is 0 Å². The number of aromatic nitrogens is 2. The zero-order valence-electron chi connectivity index (χ0n) is 30.3. The summed E-state index contributed by atoms with van der Waals surface area (Å²) in [5.41, 5.74) is 12.8. The van der Waals surface area contributed by atoms with Crippen LogP contribution in [0, 0.1) is 6.07 Å². The van der Waals surface area contributed by atoms with Crippen molar-refractivity contribution in [3.05, 3.63) is 113 Å². The first kappa shape index (κ1) is 36.3. The second kappa shape index (κ2) is 13.7. The Labute approximate surface area is 306 Å². The molecule has 0 spiro atoms. The third-order valence-corrected chi connectivity index (χ3v) is 9.18. The SMILES string of the molecule is CC(C)c1cc(-c2ccnc(-c3[c-]c(-c4cccc5oc(-c6ccccc6O)nc45)c(C(C)(C)C)cc3C(C)(C)C)c2)cc(C(C)C)c1.[Pt]. The minimum Gasteiger partial charge on any atom is -0.507 e. The Hall–Kier alpha value is -4.01. The van der Waals surface area contributed by atoms with Gasteiger partial charge in [-0.25, -0.2) is 4.98 Å². The van der Waals surface area contributed by atoms with Crippen LogP contribution in [-0.2, 0) is 31.9 Å². The Balaban J connectivity index is 0.00000468. The number of fused-ring (bicyclic) bond motifs is 1. The first-order valence-corrected chi connectivity index (χ1v) is 17.0. The number of nitrogens with zero attached hydrogens (tertiary/aromatic N) is 2. The van der Waals surface area contributed by atoms with E-state index >= 15 is 0 Å². The average Bonchev–Trinajstić information content (AvgIpc) is 3.48. The van der Waals surface area contributed by atoms with E-state index in [4.69, 9.17) is 14.4 Å². The number of rotatable bonds is 6. The molecule has 0 unspecified atom stereocenters. The summed E-state index contributed by atoms with van der Waals surface area (Å²) in [5, 5.41) is 10.6. The molecule has 4 aromatic carbocycles. The summed E-state index contributed by atoms with van der Waals surface area (Å²) in [7, 11) is 0. The van der Waals surface area contributed by atoms with E-state index in [0.717, 1.165) is 33.5 Å². The van der Waals surface area contributed by atoms with Crippen molar-refractivity contribution in [1.29, 1.82) is 0 Å². The van der Waals surface area contributed by atoms with Crippen LogP contribution in [0.25, 0.3) is 56.1 Å². The van der Waals surface area contributed by atoms with E-state index in [1.807, 2.05) is 30.5 Å². The van der Waals surface area contributed by atoms with Crippen molar-refractivity contribution in [2.75, 3.05) is 0 Å². The molecule has 0 saturated heterocycles. The fourth-order valence-electron chi connectivity index (χ4n) is 6.32. The van der Waals surface area contributed by atoms with Gasteiger partial charge < -0.3 is 9.52 Å². The van der Waals surface area contributed by atoms with E-state index < -0.39 is 0 Å². The van der Waals surface area contributed by atoms with Crippen LogP contribution in [0.3, 0.4) is 0 Å². The van der Waals surface area contributed by atoms with Crippen LogP contribution in [0.1, 0.15) is 103 Å². The number of phenols is 1. The molecule has 1 N–H and O–H groups in total. The molecule has 2 heterocycles. The van der Waals surface area contributed by atoms with Crippen molar-refractivity contribution in [1.82, 2.24) is 9.97 Å². The van der Waals surface area contributed by atoms with Crippen LogP contribution in [0.4, 0.5) is 0 Å². The van der Waals surface area contributed by atoms with E-state index in [0.29, 0.717) is 28.9 Å². The number of aromatic hydroxyl groups is 1. The molecule has 0 fully saturated rings. The molecule has 0 aliphatic carbocycles. The van der Waals surface area contributed by atoms with Gasteiger partial charge in [0.1, 0.15) is 11.3 Å². The van der Waals surface area contributed by atoms with Gasteiger partial charge in [-0.1, -0.05) is 129 Å². The number of phenolic OH excluding ortho intramolecular Hbond substituents is 1. The number of hydrogen-bond donors (Lipinski definition) is 1. The second-order valence-corrected chi connectivity index (χ2v) is 15.7. The second-order valence-electron chi connectivity index (χ2n) is 15.7. The van der Waals surface area contributed by atoms with Gasteiger partial charge >= 0.3 is 0 Å². The van der Waals surface area contributed by atoms with Crippen molar-refractivity contribution in [2.45, 2.75) is 91.9 Å². The zero-order chi connectivity index (χ0) is 34.5. The van der Waals surface area contributed by atoms with Crippen molar-refractivity contribution in [3.8, 4) is 50.7 Å². The Kier molecular flexibility index (Phi) is 10.2. The van der Waals surface area contributed by atoms with Gasteiger partial charge in [0.25, 0.3) is 0 Å². The predicted molar refractivity (Wildman–Crippen MR) is 200 cm³/mol. The predicted octanol–water partition coefficient (Wildman–Crippen LogP) is 12.2. The molecular formula is C44H47N2O2Pt-. The van der Waals surface area contributed by atoms with E-state index in [1.165, 1.54) is 27.8 Å². The zero-order valence-corrected chi connectivity index (χ0v) is 32.6. The summed E-state index contributed by atoms with van der Waals surface area (Å²) >= 11 is 0. The summed E-state index contributed by atoms with van der Waals surface area (Å²) in [6.07, 6.45) is 1.93. The standard InChI is InChI=1S/C44H47N2O2.Pt/c1-26(2)29-20-30(27(3)4)22-31(21-29)28-18-19-45-38(23-28)35-24-34(36(43(5,6)7)25-37(35)44(8,9)10)32-15-13-17-40-41(32)46-42(48-40)33-14-11-12-16-39(33)47;/h11-23,25-27,47H,1-10H3;/q-1;. The molecule has 0 amide bonds. The van der Waals surface area contributed by atoms with Gasteiger partial charge in [-0.2, -0.15) is 0 Å². The van der Waals surface area contributed by atoms with Crippen LogP contribution in [0.15, 0.2) is 89.5 Å². The average molecular weight is 831 g/mol. The third-order valence-electron chi connectivity index (χ3n) is 9.18. The van der Waals surface area contributed by atoms with Crippen LogP contribution in [-0.4, -0.2) is 15.1 Å². The van der Waals surface area contributed by atoms with Gasteiger partial charge in [0.2, 0.25) is 5.89 Å². The summed E-state index contributed by atoms with van der Waals surface area (Å²) in [6, 6.07) is 30.8. The topological polar surface area (TPSA) is 59.2 Å². The van der Waals surface area contributed by atoms with Gasteiger partial charge in [-0.15, -0.1) is 28.8 Å². The summed E-state index contributed by atoms with van der Waals surface area (Å²) in [6.45, 7) is 22.5. The Morgan fingerprint density at radius 1 is 0.673 bits per heavy atom. The molecule has 5 heteroatoms. The van der Waals surface area contributed by atoms with E-state index in [-0.39, 0.29) is 37.6 Å². The smallest absolute Gasteiger partial charge is 0.230 e. The van der Waals surface area contributed by atoms with Gasteiger partial charge in [-0.3, -0.25) is 4.98 Å². The number of pyridine rings is 1. The van der Waals surface area contributed by atoms with E-state index in [9.17, 15) is 5.11 Å². The van der Waals surface area contributed by atoms with Crippen LogP contribution >= 0.6 is 0 Å². The number of benzene rings is 4. The molecule has 49 heavy (non-hydrogen) atoms. The summed E-state index contributed by atoms with van der Waals surface area (Å²) < 4.78 is 6.24. The van der Waals surface area contributed by atoms with Gasteiger partial charge in [0.05, 0.1) is 11.1 Å². The third kappa shape index (κ3) is 7.31. The van der Waals surface area contributed by atoms with Crippen molar-refractivity contribution in [3.63, 3.8) is 0 Å². The number of oxazole rings is 1. The first-order chi connectivity index (χ1) is 22.6. The molecule has 0 radical (unpaired) electrons. The maximum Gasteiger partial charge on any atom is 0.230 e. The van der Waals surface area contributed by atoms with Gasteiger partial charge in [0.15, 0.2) is 0 Å². The molecule has 0 bridgehead atoms. The molecule has 0 atom stereocenters. The fourth-order valence-corrected chi connectivity index (χ4v) is 6.32. The van der Waals surface area contributed by atoms with Gasteiger partial charge in [-0.05, 0) is 69.2 Å². The molecule has 6 rings (SSSR count). The first-order valence-electron chi connectivity index (χ1n) is 17.0. The minimum atomic E-state index is -0.184. The van der Waals surface area contributed by atoms with Gasteiger partial charge in [0, 0.05) is 33.0 Å². The summed E-state index contributed by atoms with van der Waals surface area (Å²) in [4.78, 5) is 9.93. The molecule has 6 aromatic rings. The Morgan fingerprint density at radius 3 is 1.90 bits per heavy atom. The largest absolute Gasteiger partial charge is 0.507 e. The maximum absolute atomic E-state index is 10.6. The minimum absolute atomic E-state index is 0. The molecule has 0 saturated carbocycles. The molecule has 4 nitrogen and oxygen atoms in total. The Bertz CT molecular complexity index is 2100. The van der Waals surface area contributed by atoms with E-state index in [1.54, 1.807) is 12.1 Å². The van der Waals surface area contributed by atoms with Crippen LogP contribution < -0.4 is 0 Å². The molecule has 256 valence electrons. The quantitative estimate of drug-likeness (QED) is 0.170. The number of hydrogen-bond acceptors (Lipinski definition) is 4. The molecular weight excluding hydrogens is 784 g/mol. The Morgan fingerprint density at radius 2 is 1.29 bits per heavy atom. The van der Waals surface area contributed by atoms with Crippen LogP contribution in [0.5, 0.6) is 5.75 Å². The molecule has 2 aromatic heterocycles. The molecule has 0 aliphatic rings. The monoisotopic (exact) mass is 830 g/mol. The maximum atomic E-state index is 10.6. The molecule has 0 aliphatic heterocycles. The summed E-state index contributed by atoms with van der Waals surface area (Å²) in [5.74, 6) is 1.39. The number of para-hydroxylation sites is 2. The van der Waals surface area contributed by atoms with Crippen LogP contribution in [0.2, 0.25) is 0 Å². The van der Waals surface area contributed by atoms with Crippen molar-refractivity contribution < 1.29 is 30.6 Å². The normalized spacial score (nSPS) is 12.2. The van der Waals surface area contributed by atoms with E-state index in [2.05, 4.69) is 118 Å². The van der Waals surface area contributed by atoms with Crippen molar-refractivity contribution >= 4 is 11.1 Å². The fraction of sp³-hybridized carbons (Fsp3) is 0.318.